The van der Waals surface area contributed by atoms with Crippen molar-refractivity contribution in [3.05, 3.63) is 83.9 Å². The molecule has 4 aromatic carbocycles. The van der Waals surface area contributed by atoms with Gasteiger partial charge in [-0.2, -0.15) is 36.3 Å². The van der Waals surface area contributed by atoms with Crippen molar-refractivity contribution in [1.29, 1.82) is 0 Å². The van der Waals surface area contributed by atoms with Crippen molar-refractivity contribution in [1.82, 2.24) is 19.9 Å². The predicted molar refractivity (Wildman–Crippen MR) is 201 cm³/mol. The average Bonchev–Trinajstić information content (AvgIpc) is 3.67. The topological polar surface area (TPSA) is 131 Å². The summed E-state index contributed by atoms with van der Waals surface area (Å²) in [6.07, 6.45) is -5.21. The normalized spacial score (nSPS) is 13.3. The number of fused-ring (bicyclic) bond motifs is 2. The molecule has 276 valence electrons. The number of rotatable bonds is 6. The molecule has 6 aromatic rings. The number of nitrogens with two attached hydrogens (primary N) is 2. The van der Waals surface area contributed by atoms with E-state index in [1.807, 2.05) is 4.90 Å². The minimum atomic E-state index is -4.46. The van der Waals surface area contributed by atoms with Gasteiger partial charge in [0.25, 0.3) is 0 Å². The molecule has 7 rings (SSSR count). The Hall–Kier alpha value is -5.51. The highest BCUT2D eigenvalue weighted by molar-refractivity contribution is 7.98. The molecule has 1 aliphatic heterocycles. The largest absolute Gasteiger partial charge is 0.417 e. The fourth-order valence-electron chi connectivity index (χ4n) is 6.52. The second-order valence-corrected chi connectivity index (χ2v) is 12.9. The van der Waals surface area contributed by atoms with E-state index in [1.54, 1.807) is 68.9 Å². The molecule has 6 N–H and O–H groups in total. The molecule has 1 saturated heterocycles. The number of thioether (sulfide) groups is 1. The number of hydrogen-bond acceptors (Lipinski definition) is 10. The van der Waals surface area contributed by atoms with Gasteiger partial charge < -0.3 is 27.0 Å². The highest BCUT2D eigenvalue weighted by Gasteiger charge is 2.36. The predicted octanol–water partition coefficient (Wildman–Crippen LogP) is 9.20. The van der Waals surface area contributed by atoms with E-state index in [0.717, 1.165) is 38.1 Å². The van der Waals surface area contributed by atoms with Crippen LogP contribution in [0.5, 0.6) is 0 Å². The first kappa shape index (κ1) is 37.3. The summed E-state index contributed by atoms with van der Waals surface area (Å²) < 4.78 is 81.9. The number of nitrogen functional groups attached to an aromatic ring is 2. The average molecular weight is 752 g/mol. The molecule has 2 aromatic heterocycles. The molecule has 16 heteroatoms. The molecule has 53 heavy (non-hydrogen) atoms. The minimum Gasteiger partial charge on any atom is -0.372 e. The molecule has 0 unspecified atom stereocenters. The van der Waals surface area contributed by atoms with Crippen molar-refractivity contribution in [2.75, 3.05) is 60.4 Å². The van der Waals surface area contributed by atoms with Crippen LogP contribution in [0.1, 0.15) is 24.0 Å². The molecular weight excluding hydrogens is 717 g/mol. The fraction of sp³-hybridized carbons (Fsp3) is 0.243. The van der Waals surface area contributed by atoms with Crippen LogP contribution in [0, 0.1) is 0 Å². The van der Waals surface area contributed by atoms with Gasteiger partial charge in [0, 0.05) is 59.7 Å². The first-order valence-corrected chi connectivity index (χ1v) is 17.7. The van der Waals surface area contributed by atoms with Crippen molar-refractivity contribution >= 4 is 62.8 Å². The molecule has 0 atom stereocenters. The van der Waals surface area contributed by atoms with Crippen LogP contribution in [0.4, 0.5) is 55.6 Å². The van der Waals surface area contributed by atoms with E-state index in [1.165, 1.54) is 23.9 Å². The molecule has 1 aliphatic rings. The van der Waals surface area contributed by atoms with Crippen LogP contribution in [0.3, 0.4) is 0 Å². The van der Waals surface area contributed by atoms with Crippen molar-refractivity contribution in [3.8, 4) is 22.3 Å². The molecule has 0 spiro atoms. The molecule has 0 aliphatic carbocycles. The monoisotopic (exact) mass is 751 g/mol. The Morgan fingerprint density at radius 1 is 0.642 bits per heavy atom. The molecule has 0 saturated carbocycles. The van der Waals surface area contributed by atoms with Crippen LogP contribution < -0.4 is 27.0 Å². The Morgan fingerprint density at radius 3 is 1.58 bits per heavy atom. The molecular formula is C37H35F6N9S. The molecule has 3 heterocycles. The first-order chi connectivity index (χ1) is 25.2. The van der Waals surface area contributed by atoms with Crippen LogP contribution in [0.2, 0.25) is 0 Å². The van der Waals surface area contributed by atoms with Gasteiger partial charge in [-0.25, -0.2) is 9.97 Å². The molecule has 0 radical (unpaired) electrons. The van der Waals surface area contributed by atoms with Crippen molar-refractivity contribution < 1.29 is 26.3 Å². The summed E-state index contributed by atoms with van der Waals surface area (Å²) in [6.45, 7) is 1.50. The Labute approximate surface area is 305 Å². The maximum atomic E-state index is 13.8. The summed E-state index contributed by atoms with van der Waals surface area (Å²) >= 11 is 1.27. The van der Waals surface area contributed by atoms with Crippen LogP contribution >= 0.6 is 11.8 Å². The van der Waals surface area contributed by atoms with E-state index in [0.29, 0.717) is 55.2 Å². The molecule has 0 bridgehead atoms. The zero-order chi connectivity index (χ0) is 38.1. The second kappa shape index (κ2) is 14.8. The number of aromatic nitrogens is 4. The quantitative estimate of drug-likeness (QED) is 0.0965. The first-order valence-electron chi connectivity index (χ1n) is 16.4. The fourth-order valence-corrected chi connectivity index (χ4v) is 7.17. The van der Waals surface area contributed by atoms with Gasteiger partial charge in [-0.15, -0.1) is 11.8 Å². The number of hydrogen-bond donors (Lipinski definition) is 4. The van der Waals surface area contributed by atoms with Crippen LogP contribution in [0.15, 0.2) is 77.7 Å². The number of benzene rings is 4. The minimum absolute atomic E-state index is 0.0585. The lowest BCUT2D eigenvalue weighted by Crippen LogP contribution is -2.20. The summed E-state index contributed by atoms with van der Waals surface area (Å²) in [7, 11) is 3.40. The van der Waals surface area contributed by atoms with E-state index in [-0.39, 0.29) is 23.0 Å². The van der Waals surface area contributed by atoms with E-state index in [4.69, 9.17) is 11.5 Å². The lowest BCUT2D eigenvalue weighted by atomic mass is 9.95. The number of halogens is 6. The summed E-state index contributed by atoms with van der Waals surface area (Å²) in [4.78, 5) is 19.2. The van der Waals surface area contributed by atoms with Gasteiger partial charge in [-0.05, 0) is 78.8 Å². The summed E-state index contributed by atoms with van der Waals surface area (Å²) in [5, 5.41) is 7.25. The number of alkyl halides is 6. The molecule has 9 nitrogen and oxygen atoms in total. The molecule has 1 fully saturated rings. The van der Waals surface area contributed by atoms with Gasteiger partial charge in [0.2, 0.25) is 11.9 Å². The van der Waals surface area contributed by atoms with E-state index >= 15 is 0 Å². The van der Waals surface area contributed by atoms with Gasteiger partial charge in [0.1, 0.15) is 11.6 Å². The standard InChI is InChI=1S/C20H20F3N5.C17H15F3N4S/c1-25-18-13-8-7-12(11-15(13)26-19(24)27-18)17-14(20(21,22)23)5-4-6-16(17)28-9-2-3-10-28;1-22-15-10-7-6-9(8-12(10)23-16(21)24-15)14-11(17(18,19)20)4-3-5-13(14)25-2/h4-8,11H,2-3,9-10H2,1H3,(H3,24,25,26,27);3-8H,1-2H3,(H3,21,22,23,24). The van der Waals surface area contributed by atoms with Gasteiger partial charge in [-0.3, -0.25) is 0 Å². The number of nitrogens with one attached hydrogen (secondary N) is 2. The zero-order valence-electron chi connectivity index (χ0n) is 28.8. The highest BCUT2D eigenvalue weighted by Crippen LogP contribution is 2.45. The number of nitrogens with zero attached hydrogens (tertiary/aromatic N) is 5. The Morgan fingerprint density at radius 2 is 1.11 bits per heavy atom. The summed E-state index contributed by atoms with van der Waals surface area (Å²) in [5.41, 5.74) is 13.0. The van der Waals surface area contributed by atoms with Gasteiger partial charge in [-0.1, -0.05) is 24.3 Å². The lowest BCUT2D eigenvalue weighted by molar-refractivity contribution is -0.138. The summed E-state index contributed by atoms with van der Waals surface area (Å²) in [6, 6.07) is 18.6. The highest BCUT2D eigenvalue weighted by atomic mass is 32.2. The van der Waals surface area contributed by atoms with Crippen molar-refractivity contribution in [2.24, 2.45) is 0 Å². The molecule has 0 amide bonds. The van der Waals surface area contributed by atoms with Gasteiger partial charge in [0.15, 0.2) is 0 Å². The van der Waals surface area contributed by atoms with Crippen molar-refractivity contribution in [2.45, 2.75) is 30.1 Å². The van der Waals surface area contributed by atoms with E-state index < -0.39 is 23.5 Å². The Kier molecular flexibility index (Phi) is 10.4. The van der Waals surface area contributed by atoms with Crippen molar-refractivity contribution in [3.63, 3.8) is 0 Å². The Bertz CT molecular complexity index is 2290. The zero-order valence-corrected chi connectivity index (χ0v) is 29.6. The maximum absolute atomic E-state index is 13.8. The van der Waals surface area contributed by atoms with E-state index in [9.17, 15) is 26.3 Å². The maximum Gasteiger partial charge on any atom is 0.417 e. The van der Waals surface area contributed by atoms with E-state index in [2.05, 4.69) is 30.6 Å². The van der Waals surface area contributed by atoms with Crippen LogP contribution in [-0.2, 0) is 12.4 Å². The van der Waals surface area contributed by atoms with Crippen LogP contribution in [-0.4, -0.2) is 53.4 Å². The summed E-state index contributed by atoms with van der Waals surface area (Å²) in [5.74, 6) is 1.20. The SMILES string of the molecule is CNc1nc(N)nc2cc(-c3c(N4CCCC4)cccc3C(F)(F)F)ccc12.CNc1nc(N)nc2cc(-c3c(SC)cccc3C(F)(F)F)ccc12. The van der Waals surface area contributed by atoms with Crippen LogP contribution in [0.25, 0.3) is 44.1 Å². The third kappa shape index (κ3) is 7.68. The Balaban J connectivity index is 0.000000183. The third-order valence-electron chi connectivity index (χ3n) is 8.83. The third-order valence-corrected chi connectivity index (χ3v) is 9.61. The second-order valence-electron chi connectivity index (χ2n) is 12.1. The lowest BCUT2D eigenvalue weighted by Gasteiger charge is -2.25. The van der Waals surface area contributed by atoms with Gasteiger partial charge >= 0.3 is 12.4 Å². The number of anilines is 5. The smallest absolute Gasteiger partial charge is 0.372 e. The van der Waals surface area contributed by atoms with Gasteiger partial charge in [0.05, 0.1) is 22.2 Å².